The minimum absolute atomic E-state index is 0.741. The second-order valence-corrected chi connectivity index (χ2v) is 3.65. The molecule has 0 aliphatic heterocycles. The molecule has 0 saturated carbocycles. The van der Waals surface area contributed by atoms with Crippen LogP contribution in [0.5, 0.6) is 0 Å². The number of nitrogens with zero attached hydrogens (tertiary/aromatic N) is 3. The van der Waals surface area contributed by atoms with Crippen LogP contribution >= 0.6 is 0 Å². The van der Waals surface area contributed by atoms with Crippen LogP contribution in [0, 0.1) is 6.92 Å². The van der Waals surface area contributed by atoms with E-state index in [4.69, 9.17) is 5.84 Å². The Morgan fingerprint density at radius 1 is 1.19 bits per heavy atom. The van der Waals surface area contributed by atoms with E-state index < -0.39 is 0 Å². The Bertz CT molecular complexity index is 477. The normalized spacial score (nSPS) is 10.2. The smallest absolute Gasteiger partial charge is 0.142 e. The minimum Gasteiger partial charge on any atom is -0.298 e. The maximum atomic E-state index is 5.59. The van der Waals surface area contributed by atoms with E-state index in [1.165, 1.54) is 5.01 Å². The van der Waals surface area contributed by atoms with Crippen LogP contribution in [0.25, 0.3) is 11.1 Å². The van der Waals surface area contributed by atoms with E-state index in [1.54, 1.807) is 13.2 Å². The van der Waals surface area contributed by atoms with E-state index >= 15 is 0 Å². The first-order valence-corrected chi connectivity index (χ1v) is 5.05. The number of rotatable bonds is 2. The van der Waals surface area contributed by atoms with E-state index in [1.807, 2.05) is 37.4 Å². The molecule has 0 spiro atoms. The van der Waals surface area contributed by atoms with Crippen LogP contribution in [-0.2, 0) is 0 Å². The zero-order valence-corrected chi connectivity index (χ0v) is 9.38. The Morgan fingerprint density at radius 3 is 2.56 bits per heavy atom. The third-order valence-electron chi connectivity index (χ3n) is 2.43. The summed E-state index contributed by atoms with van der Waals surface area (Å²) in [5, 5.41) is 1.49. The van der Waals surface area contributed by atoms with Gasteiger partial charge in [-0.2, -0.15) is 0 Å². The number of aryl methyl sites for hydroxylation is 1. The third-order valence-corrected chi connectivity index (χ3v) is 2.43. The van der Waals surface area contributed by atoms with Gasteiger partial charge in [-0.3, -0.25) is 9.99 Å². The van der Waals surface area contributed by atoms with Crippen molar-refractivity contribution in [1.82, 2.24) is 9.97 Å². The molecule has 0 amide bonds. The van der Waals surface area contributed by atoms with E-state index in [9.17, 15) is 0 Å². The molecular weight excluding hydrogens is 200 g/mol. The zero-order chi connectivity index (χ0) is 11.5. The molecule has 0 aliphatic carbocycles. The molecule has 0 aliphatic rings. The summed E-state index contributed by atoms with van der Waals surface area (Å²) in [5.41, 5.74) is 3.15. The fourth-order valence-electron chi connectivity index (χ4n) is 1.54. The van der Waals surface area contributed by atoms with Crippen molar-refractivity contribution in [3.8, 4) is 11.1 Å². The van der Waals surface area contributed by atoms with Crippen molar-refractivity contribution in [2.45, 2.75) is 6.92 Å². The molecule has 16 heavy (non-hydrogen) atoms. The maximum absolute atomic E-state index is 5.59. The van der Waals surface area contributed by atoms with Gasteiger partial charge in [-0.15, -0.1) is 0 Å². The highest BCUT2D eigenvalue weighted by molar-refractivity contribution is 5.65. The number of hydrogen-bond acceptors (Lipinski definition) is 4. The number of nitrogens with two attached hydrogens (primary N) is 1. The van der Waals surface area contributed by atoms with Gasteiger partial charge >= 0.3 is 0 Å². The average Bonchev–Trinajstić information content (AvgIpc) is 2.30. The van der Waals surface area contributed by atoms with Crippen LogP contribution in [0.2, 0.25) is 0 Å². The SMILES string of the molecule is Cc1ncccc1-c1ccc(N(C)N)nc1. The largest absolute Gasteiger partial charge is 0.298 e. The molecule has 0 unspecified atom stereocenters. The van der Waals surface area contributed by atoms with E-state index in [-0.39, 0.29) is 0 Å². The summed E-state index contributed by atoms with van der Waals surface area (Å²) in [6.07, 6.45) is 3.59. The minimum atomic E-state index is 0.741. The maximum Gasteiger partial charge on any atom is 0.142 e. The molecule has 0 aromatic carbocycles. The summed E-state index contributed by atoms with van der Waals surface area (Å²) >= 11 is 0. The summed E-state index contributed by atoms with van der Waals surface area (Å²) in [6.45, 7) is 1.98. The quantitative estimate of drug-likeness (QED) is 0.611. The fraction of sp³-hybridized carbons (Fsp3) is 0.167. The summed E-state index contributed by atoms with van der Waals surface area (Å²) in [5.74, 6) is 6.33. The van der Waals surface area contributed by atoms with E-state index in [0.29, 0.717) is 0 Å². The van der Waals surface area contributed by atoms with E-state index in [2.05, 4.69) is 9.97 Å². The van der Waals surface area contributed by atoms with Gasteiger partial charge < -0.3 is 0 Å². The number of hydrazine groups is 1. The standard InChI is InChI=1S/C12H14N4/c1-9-11(4-3-7-14-9)10-5-6-12(15-8-10)16(2)13/h3-8H,13H2,1-2H3. The van der Waals surface area contributed by atoms with Gasteiger partial charge in [0.1, 0.15) is 5.82 Å². The second-order valence-electron chi connectivity index (χ2n) is 3.65. The van der Waals surface area contributed by atoms with Crippen molar-refractivity contribution in [2.75, 3.05) is 12.1 Å². The van der Waals surface area contributed by atoms with Crippen molar-refractivity contribution in [2.24, 2.45) is 5.84 Å². The predicted octanol–water partition coefficient (Wildman–Crippen LogP) is 1.76. The number of pyridine rings is 2. The van der Waals surface area contributed by atoms with Crippen LogP contribution < -0.4 is 10.9 Å². The highest BCUT2D eigenvalue weighted by atomic mass is 15.4. The van der Waals surface area contributed by atoms with Gasteiger partial charge in [0.05, 0.1) is 0 Å². The number of anilines is 1. The number of hydrogen-bond donors (Lipinski definition) is 1. The Hall–Kier alpha value is -1.94. The summed E-state index contributed by atoms with van der Waals surface area (Å²) < 4.78 is 0. The van der Waals surface area contributed by atoms with Crippen LogP contribution in [0.3, 0.4) is 0 Å². The van der Waals surface area contributed by atoms with Crippen molar-refractivity contribution < 1.29 is 0 Å². The number of aromatic nitrogens is 2. The monoisotopic (exact) mass is 214 g/mol. The molecule has 4 heteroatoms. The molecule has 2 N–H and O–H groups in total. The lowest BCUT2D eigenvalue weighted by Gasteiger charge is -2.11. The molecule has 0 radical (unpaired) electrons. The molecule has 0 saturated heterocycles. The second kappa shape index (κ2) is 4.28. The third kappa shape index (κ3) is 2.01. The zero-order valence-electron chi connectivity index (χ0n) is 9.38. The van der Waals surface area contributed by atoms with Gasteiger partial charge in [0.2, 0.25) is 0 Å². The lowest BCUT2D eigenvalue weighted by molar-refractivity contribution is 0.978. The first-order valence-electron chi connectivity index (χ1n) is 5.05. The van der Waals surface area contributed by atoms with Crippen LogP contribution in [0.4, 0.5) is 5.82 Å². The summed E-state index contributed by atoms with van der Waals surface area (Å²) in [6, 6.07) is 7.84. The van der Waals surface area contributed by atoms with Crippen LogP contribution in [0.1, 0.15) is 5.69 Å². The van der Waals surface area contributed by atoms with Gasteiger partial charge in [0.15, 0.2) is 0 Å². The molecule has 2 rings (SSSR count). The molecule has 0 atom stereocenters. The summed E-state index contributed by atoms with van der Waals surface area (Å²) in [7, 11) is 1.76. The van der Waals surface area contributed by atoms with Gasteiger partial charge in [0, 0.05) is 36.3 Å². The first kappa shape index (κ1) is 10.6. The van der Waals surface area contributed by atoms with E-state index in [0.717, 1.165) is 22.6 Å². The lowest BCUT2D eigenvalue weighted by atomic mass is 10.1. The highest BCUT2D eigenvalue weighted by Gasteiger charge is 2.03. The van der Waals surface area contributed by atoms with Gasteiger partial charge in [-0.05, 0) is 25.1 Å². The Labute approximate surface area is 94.7 Å². The fourth-order valence-corrected chi connectivity index (χ4v) is 1.54. The molecule has 2 aromatic rings. The van der Waals surface area contributed by atoms with Gasteiger partial charge in [-0.1, -0.05) is 6.07 Å². The van der Waals surface area contributed by atoms with Crippen molar-refractivity contribution in [3.05, 3.63) is 42.4 Å². The summed E-state index contributed by atoms with van der Waals surface area (Å²) in [4.78, 5) is 8.52. The molecule has 2 heterocycles. The molecule has 82 valence electrons. The molecule has 4 nitrogen and oxygen atoms in total. The topological polar surface area (TPSA) is 55.0 Å². The Morgan fingerprint density at radius 2 is 2.00 bits per heavy atom. The Kier molecular flexibility index (Phi) is 2.83. The van der Waals surface area contributed by atoms with Crippen LogP contribution in [0.15, 0.2) is 36.7 Å². The molecule has 0 fully saturated rings. The molecular formula is C12H14N4. The van der Waals surface area contributed by atoms with Crippen molar-refractivity contribution in [1.29, 1.82) is 0 Å². The van der Waals surface area contributed by atoms with Gasteiger partial charge in [0.25, 0.3) is 0 Å². The van der Waals surface area contributed by atoms with Crippen molar-refractivity contribution >= 4 is 5.82 Å². The van der Waals surface area contributed by atoms with Gasteiger partial charge in [-0.25, -0.2) is 10.8 Å². The highest BCUT2D eigenvalue weighted by Crippen LogP contribution is 2.21. The molecule has 2 aromatic heterocycles. The van der Waals surface area contributed by atoms with Crippen molar-refractivity contribution in [3.63, 3.8) is 0 Å². The predicted molar refractivity (Wildman–Crippen MR) is 64.8 cm³/mol. The average molecular weight is 214 g/mol. The Balaban J connectivity index is 2.39. The molecule has 0 bridgehead atoms. The van der Waals surface area contributed by atoms with Crippen LogP contribution in [-0.4, -0.2) is 17.0 Å². The lowest BCUT2D eigenvalue weighted by Crippen LogP contribution is -2.25. The first-order chi connectivity index (χ1) is 7.68.